The second-order valence-electron chi connectivity index (χ2n) is 4.08. The van der Waals surface area contributed by atoms with E-state index in [9.17, 15) is 0 Å². The number of nitrogens with one attached hydrogen (secondary N) is 1. The van der Waals surface area contributed by atoms with E-state index in [1.54, 1.807) is 0 Å². The van der Waals surface area contributed by atoms with Crippen molar-refractivity contribution in [3.63, 3.8) is 0 Å². The Bertz CT molecular complexity index is 339. The van der Waals surface area contributed by atoms with Crippen molar-refractivity contribution in [2.75, 3.05) is 7.05 Å². The van der Waals surface area contributed by atoms with Crippen LogP contribution < -0.4 is 5.73 Å². The topological polar surface area (TPSA) is 96.1 Å². The standard InChI is InChI=1S/C9H17N7/c1-16(7-5-3-2-4-6-7)8(10)11-9-12-14-15-13-9/h7H,2-6H2,1H3,(H3,10,11,12,13,14,15). The fourth-order valence-electron chi connectivity index (χ4n) is 2.04. The van der Waals surface area contributed by atoms with E-state index in [1.807, 2.05) is 11.9 Å². The van der Waals surface area contributed by atoms with Crippen LogP contribution in [0.25, 0.3) is 0 Å². The lowest BCUT2D eigenvalue weighted by Crippen LogP contribution is -2.42. The second-order valence-corrected chi connectivity index (χ2v) is 4.08. The number of aromatic amines is 1. The molecule has 1 aromatic heterocycles. The molecule has 0 saturated heterocycles. The largest absolute Gasteiger partial charge is 0.369 e. The number of hydrogen-bond donors (Lipinski definition) is 2. The molecule has 1 aromatic rings. The molecule has 3 N–H and O–H groups in total. The lowest BCUT2D eigenvalue weighted by molar-refractivity contribution is 0.276. The monoisotopic (exact) mass is 223 g/mol. The molecular formula is C9H17N7. The summed E-state index contributed by atoms with van der Waals surface area (Å²) in [6.07, 6.45) is 6.22. The molecule has 88 valence electrons. The molecule has 0 radical (unpaired) electrons. The molecule has 0 unspecified atom stereocenters. The Balaban J connectivity index is 2.00. The molecule has 0 atom stereocenters. The molecule has 1 saturated carbocycles. The maximum absolute atomic E-state index is 5.89. The number of hydrogen-bond acceptors (Lipinski definition) is 4. The molecule has 0 spiro atoms. The van der Waals surface area contributed by atoms with Gasteiger partial charge >= 0.3 is 0 Å². The number of guanidine groups is 1. The molecule has 1 aliphatic rings. The zero-order valence-corrected chi connectivity index (χ0v) is 9.43. The van der Waals surface area contributed by atoms with Gasteiger partial charge in [0.05, 0.1) is 0 Å². The van der Waals surface area contributed by atoms with Crippen LogP contribution in [0.1, 0.15) is 32.1 Å². The smallest absolute Gasteiger partial charge is 0.292 e. The normalized spacial score (nSPS) is 18.7. The van der Waals surface area contributed by atoms with E-state index in [0.29, 0.717) is 12.0 Å². The number of aliphatic imine (C=N–C) groups is 1. The van der Waals surface area contributed by atoms with Gasteiger partial charge in [0.15, 0.2) is 5.96 Å². The number of H-pyrrole nitrogens is 1. The van der Waals surface area contributed by atoms with E-state index in [1.165, 1.54) is 32.1 Å². The number of nitrogens with two attached hydrogens (primary N) is 1. The van der Waals surface area contributed by atoms with Crippen molar-refractivity contribution < 1.29 is 0 Å². The third-order valence-electron chi connectivity index (χ3n) is 3.03. The summed E-state index contributed by atoms with van der Waals surface area (Å²) >= 11 is 0. The highest BCUT2D eigenvalue weighted by atomic mass is 15.5. The average Bonchev–Trinajstić information content (AvgIpc) is 2.82. The highest BCUT2D eigenvalue weighted by molar-refractivity contribution is 5.80. The van der Waals surface area contributed by atoms with Gasteiger partial charge in [-0.1, -0.05) is 24.4 Å². The molecule has 0 aromatic carbocycles. The van der Waals surface area contributed by atoms with Crippen LogP contribution in [0.15, 0.2) is 4.99 Å². The number of nitrogens with zero attached hydrogens (tertiary/aromatic N) is 5. The molecule has 7 nitrogen and oxygen atoms in total. The maximum atomic E-state index is 5.89. The molecule has 0 aliphatic heterocycles. The van der Waals surface area contributed by atoms with Crippen molar-refractivity contribution in [1.29, 1.82) is 0 Å². The van der Waals surface area contributed by atoms with Crippen LogP contribution in [0, 0.1) is 0 Å². The summed E-state index contributed by atoms with van der Waals surface area (Å²) in [5.74, 6) is 0.730. The van der Waals surface area contributed by atoms with Gasteiger partial charge in [-0.3, -0.25) is 0 Å². The molecule has 2 rings (SSSR count). The molecule has 16 heavy (non-hydrogen) atoms. The lowest BCUT2D eigenvalue weighted by Gasteiger charge is -2.31. The summed E-state index contributed by atoms with van der Waals surface area (Å²) in [5.41, 5.74) is 5.89. The van der Waals surface area contributed by atoms with Gasteiger partial charge in [0, 0.05) is 13.1 Å². The van der Waals surface area contributed by atoms with Crippen LogP contribution in [0.5, 0.6) is 0 Å². The first-order valence-electron chi connectivity index (χ1n) is 5.58. The minimum Gasteiger partial charge on any atom is -0.369 e. The molecule has 1 fully saturated rings. The van der Waals surface area contributed by atoms with Crippen molar-refractivity contribution in [1.82, 2.24) is 25.5 Å². The van der Waals surface area contributed by atoms with Gasteiger partial charge in [-0.2, -0.15) is 10.2 Å². The van der Waals surface area contributed by atoms with Crippen LogP contribution >= 0.6 is 0 Å². The Morgan fingerprint density at radius 3 is 2.81 bits per heavy atom. The summed E-state index contributed by atoms with van der Waals surface area (Å²) in [6.45, 7) is 0. The first kappa shape index (κ1) is 10.8. The SMILES string of the molecule is CN(/C(N)=N/c1nn[nH]n1)C1CCCCC1. The van der Waals surface area contributed by atoms with E-state index < -0.39 is 0 Å². The van der Waals surface area contributed by atoms with Crippen molar-refractivity contribution in [3.8, 4) is 0 Å². The Labute approximate surface area is 94.1 Å². The van der Waals surface area contributed by atoms with Crippen LogP contribution in [0.2, 0.25) is 0 Å². The third-order valence-corrected chi connectivity index (χ3v) is 3.03. The third kappa shape index (κ3) is 2.47. The molecule has 0 bridgehead atoms. The van der Waals surface area contributed by atoms with E-state index in [-0.39, 0.29) is 5.95 Å². The fraction of sp³-hybridized carbons (Fsp3) is 0.778. The van der Waals surface area contributed by atoms with Gasteiger partial charge in [-0.25, -0.2) is 0 Å². The van der Waals surface area contributed by atoms with E-state index in [4.69, 9.17) is 5.73 Å². The average molecular weight is 223 g/mol. The van der Waals surface area contributed by atoms with Gasteiger partial charge in [-0.05, 0) is 18.1 Å². The minimum atomic E-state index is 0.278. The first-order valence-corrected chi connectivity index (χ1v) is 5.58. The Morgan fingerprint density at radius 2 is 2.19 bits per heavy atom. The van der Waals surface area contributed by atoms with Crippen molar-refractivity contribution in [3.05, 3.63) is 0 Å². The van der Waals surface area contributed by atoms with Crippen LogP contribution in [0.3, 0.4) is 0 Å². The van der Waals surface area contributed by atoms with Gasteiger partial charge < -0.3 is 10.6 Å². The lowest BCUT2D eigenvalue weighted by atomic mass is 9.95. The predicted molar refractivity (Wildman–Crippen MR) is 60.1 cm³/mol. The number of rotatable bonds is 2. The Hall–Kier alpha value is -1.66. The number of tetrazole rings is 1. The zero-order chi connectivity index (χ0) is 11.4. The van der Waals surface area contributed by atoms with Crippen molar-refractivity contribution in [2.45, 2.75) is 38.1 Å². The summed E-state index contributed by atoms with van der Waals surface area (Å²) in [7, 11) is 1.97. The molecule has 1 aliphatic carbocycles. The predicted octanol–water partition coefficient (Wildman–Crippen LogP) is 0.410. The first-order chi connectivity index (χ1) is 7.77. The quantitative estimate of drug-likeness (QED) is 0.559. The summed E-state index contributed by atoms with van der Waals surface area (Å²) in [5, 5.41) is 13.3. The highest BCUT2D eigenvalue weighted by Crippen LogP contribution is 2.21. The number of aromatic nitrogens is 4. The second kappa shape index (κ2) is 4.91. The Morgan fingerprint density at radius 1 is 1.44 bits per heavy atom. The molecule has 7 heteroatoms. The summed E-state index contributed by atoms with van der Waals surface area (Å²) < 4.78 is 0. The van der Waals surface area contributed by atoms with Crippen molar-refractivity contribution >= 4 is 11.9 Å². The van der Waals surface area contributed by atoms with E-state index in [0.717, 1.165) is 0 Å². The van der Waals surface area contributed by atoms with Crippen LogP contribution in [-0.2, 0) is 0 Å². The van der Waals surface area contributed by atoms with Gasteiger partial charge in [0.1, 0.15) is 0 Å². The van der Waals surface area contributed by atoms with Crippen LogP contribution in [0.4, 0.5) is 5.95 Å². The molecule has 1 heterocycles. The molecular weight excluding hydrogens is 206 g/mol. The maximum Gasteiger partial charge on any atom is 0.292 e. The molecule has 0 amide bonds. The van der Waals surface area contributed by atoms with Gasteiger partial charge in [0.2, 0.25) is 0 Å². The summed E-state index contributed by atoms with van der Waals surface area (Å²) in [6, 6.07) is 0.490. The highest BCUT2D eigenvalue weighted by Gasteiger charge is 2.19. The van der Waals surface area contributed by atoms with Gasteiger partial charge in [-0.15, -0.1) is 5.10 Å². The summed E-state index contributed by atoms with van der Waals surface area (Å²) in [4.78, 5) is 6.11. The zero-order valence-electron chi connectivity index (χ0n) is 9.43. The fourth-order valence-corrected chi connectivity index (χ4v) is 2.04. The van der Waals surface area contributed by atoms with Crippen LogP contribution in [-0.4, -0.2) is 44.6 Å². The van der Waals surface area contributed by atoms with E-state index in [2.05, 4.69) is 25.6 Å². The van der Waals surface area contributed by atoms with Gasteiger partial charge in [0.25, 0.3) is 5.95 Å². The van der Waals surface area contributed by atoms with E-state index >= 15 is 0 Å². The Kier molecular flexibility index (Phi) is 3.33. The van der Waals surface area contributed by atoms with Crippen molar-refractivity contribution in [2.24, 2.45) is 10.7 Å². The minimum absolute atomic E-state index is 0.278.